The summed E-state index contributed by atoms with van der Waals surface area (Å²) in [6, 6.07) is 11.2. The topological polar surface area (TPSA) is 112 Å². The van der Waals surface area contributed by atoms with E-state index in [1.807, 2.05) is 6.92 Å². The average Bonchev–Trinajstić information content (AvgIpc) is 3.28. The zero-order valence-electron chi connectivity index (χ0n) is 19.9. The van der Waals surface area contributed by atoms with Crippen LogP contribution in [-0.4, -0.2) is 67.7 Å². The Bertz CT molecular complexity index is 1140. The predicted molar refractivity (Wildman–Crippen MR) is 129 cm³/mol. The van der Waals surface area contributed by atoms with Crippen molar-refractivity contribution in [1.29, 1.82) is 0 Å². The van der Waals surface area contributed by atoms with Crippen molar-refractivity contribution in [2.24, 2.45) is 0 Å². The molecule has 35 heavy (non-hydrogen) atoms. The van der Waals surface area contributed by atoms with Crippen molar-refractivity contribution >= 4 is 11.8 Å². The van der Waals surface area contributed by atoms with Gasteiger partial charge in [0.15, 0.2) is 11.4 Å². The number of nitrogens with zero attached hydrogens (tertiary/aromatic N) is 7. The van der Waals surface area contributed by atoms with Gasteiger partial charge >= 0.3 is 11.8 Å². The Morgan fingerprint density at radius 2 is 1.94 bits per heavy atom. The van der Waals surface area contributed by atoms with Crippen LogP contribution in [0.5, 0.6) is 11.8 Å². The summed E-state index contributed by atoms with van der Waals surface area (Å²) >= 11 is 0. The maximum Gasteiger partial charge on any atom is 0.415 e. The highest BCUT2D eigenvalue weighted by atomic mass is 16.6. The molecule has 0 saturated carbocycles. The van der Waals surface area contributed by atoms with Crippen molar-refractivity contribution in [2.75, 3.05) is 37.7 Å². The van der Waals surface area contributed by atoms with Gasteiger partial charge in [0.1, 0.15) is 12.8 Å². The maximum atomic E-state index is 10.9. The number of fused-ring (bicyclic) bond motifs is 1. The van der Waals surface area contributed by atoms with Gasteiger partial charge in [-0.2, -0.15) is 0 Å². The van der Waals surface area contributed by atoms with E-state index in [2.05, 4.69) is 62.0 Å². The van der Waals surface area contributed by atoms with E-state index in [1.165, 1.54) is 11.8 Å². The van der Waals surface area contributed by atoms with Crippen LogP contribution in [0, 0.1) is 10.1 Å². The summed E-state index contributed by atoms with van der Waals surface area (Å²) in [5.41, 5.74) is 0.653. The molecule has 1 fully saturated rings. The maximum absolute atomic E-state index is 10.9. The normalized spacial score (nSPS) is 21.1. The van der Waals surface area contributed by atoms with Crippen LogP contribution in [0.3, 0.4) is 0 Å². The lowest BCUT2D eigenvalue weighted by Gasteiger charge is -2.28. The fraction of sp³-hybridized carbons (Fsp3) is 0.458. The van der Waals surface area contributed by atoms with E-state index >= 15 is 0 Å². The van der Waals surface area contributed by atoms with E-state index in [1.54, 1.807) is 17.0 Å². The molecule has 0 aliphatic carbocycles. The number of benzene rings is 1. The van der Waals surface area contributed by atoms with Gasteiger partial charge in [-0.3, -0.25) is 9.47 Å². The number of imidazole rings is 1. The minimum absolute atomic E-state index is 0.224. The second kappa shape index (κ2) is 9.49. The van der Waals surface area contributed by atoms with Crippen molar-refractivity contribution in [3.05, 3.63) is 64.6 Å². The number of nitro groups is 1. The summed E-state index contributed by atoms with van der Waals surface area (Å²) in [5.74, 6) is 1.02. The molecule has 1 aromatic carbocycles. The van der Waals surface area contributed by atoms with Crippen molar-refractivity contribution in [1.82, 2.24) is 24.4 Å². The molecular formula is C24H29N7O4. The Morgan fingerprint density at radius 3 is 2.66 bits per heavy atom. The van der Waals surface area contributed by atoms with E-state index in [0.29, 0.717) is 24.3 Å². The quantitative estimate of drug-likeness (QED) is 0.373. The van der Waals surface area contributed by atoms with Gasteiger partial charge in [-0.05, 0) is 30.8 Å². The monoisotopic (exact) mass is 479 g/mol. The lowest BCUT2D eigenvalue weighted by atomic mass is 10.1. The van der Waals surface area contributed by atoms with Crippen molar-refractivity contribution in [3.8, 4) is 11.8 Å². The number of rotatable bonds is 7. The Hall–Kier alpha value is -3.73. The standard InChI is InChI=1S/C24H29N7O4/c1-18(19-7-4-3-5-8-19)28-9-6-10-29(12-11-28)22-25-13-20(14-26-22)34-17-24(2)16-30-15-21(31(32)33)27-23(30)35-24/h3-5,7-8,13-15,18H,6,9-12,16-17H2,1-2H3/t18?,24-/m1/s1. The van der Waals surface area contributed by atoms with E-state index in [9.17, 15) is 10.1 Å². The molecule has 2 atom stereocenters. The van der Waals surface area contributed by atoms with E-state index < -0.39 is 10.5 Å². The summed E-state index contributed by atoms with van der Waals surface area (Å²) in [7, 11) is 0. The molecule has 0 bridgehead atoms. The summed E-state index contributed by atoms with van der Waals surface area (Å²) in [6.07, 6.45) is 5.78. The van der Waals surface area contributed by atoms with Crippen LogP contribution < -0.4 is 14.4 Å². The van der Waals surface area contributed by atoms with E-state index in [-0.39, 0.29) is 18.4 Å². The van der Waals surface area contributed by atoms with Crippen molar-refractivity contribution in [2.45, 2.75) is 38.5 Å². The predicted octanol–water partition coefficient (Wildman–Crippen LogP) is 3.08. The molecule has 11 heteroatoms. The number of anilines is 1. The third-order valence-corrected chi connectivity index (χ3v) is 6.56. The second-order valence-electron chi connectivity index (χ2n) is 9.29. The molecule has 0 amide bonds. The van der Waals surface area contributed by atoms with Gasteiger partial charge < -0.3 is 24.5 Å². The Kier molecular flexibility index (Phi) is 6.25. The van der Waals surface area contributed by atoms with Gasteiger partial charge in [-0.15, -0.1) is 0 Å². The molecule has 11 nitrogen and oxygen atoms in total. The summed E-state index contributed by atoms with van der Waals surface area (Å²) in [5, 5.41) is 10.9. The van der Waals surface area contributed by atoms with Crippen LogP contribution in [0.4, 0.5) is 11.8 Å². The highest BCUT2D eigenvalue weighted by Gasteiger charge is 2.41. The molecule has 1 saturated heterocycles. The van der Waals surface area contributed by atoms with Gasteiger partial charge in [0.25, 0.3) is 0 Å². The molecule has 2 aromatic heterocycles. The lowest BCUT2D eigenvalue weighted by molar-refractivity contribution is -0.389. The molecule has 2 aliphatic rings. The summed E-state index contributed by atoms with van der Waals surface area (Å²) in [6.45, 7) is 8.53. The first-order chi connectivity index (χ1) is 16.9. The highest BCUT2D eigenvalue weighted by Crippen LogP contribution is 2.31. The summed E-state index contributed by atoms with van der Waals surface area (Å²) < 4.78 is 13.3. The molecule has 4 heterocycles. The number of hydrogen-bond donors (Lipinski definition) is 0. The van der Waals surface area contributed by atoms with Crippen LogP contribution in [0.25, 0.3) is 0 Å². The molecule has 184 valence electrons. The van der Waals surface area contributed by atoms with E-state index in [4.69, 9.17) is 9.47 Å². The third kappa shape index (κ3) is 5.04. The van der Waals surface area contributed by atoms with Crippen LogP contribution in [-0.2, 0) is 6.54 Å². The van der Waals surface area contributed by atoms with Gasteiger partial charge in [0.05, 0.1) is 18.9 Å². The fourth-order valence-corrected chi connectivity index (χ4v) is 4.61. The minimum atomic E-state index is -0.681. The third-order valence-electron chi connectivity index (χ3n) is 6.56. The van der Waals surface area contributed by atoms with Gasteiger partial charge in [0.2, 0.25) is 5.95 Å². The van der Waals surface area contributed by atoms with Gasteiger partial charge in [-0.25, -0.2) is 9.97 Å². The van der Waals surface area contributed by atoms with Crippen LogP contribution in [0.15, 0.2) is 48.9 Å². The van der Waals surface area contributed by atoms with E-state index in [0.717, 1.165) is 32.6 Å². The van der Waals surface area contributed by atoms with Crippen LogP contribution in [0.1, 0.15) is 31.9 Å². The van der Waals surface area contributed by atoms with Gasteiger partial charge in [0, 0.05) is 37.2 Å². The van der Waals surface area contributed by atoms with Crippen molar-refractivity contribution < 1.29 is 14.4 Å². The SMILES string of the molecule is CC(c1ccccc1)N1CCCN(c2ncc(OC[C@@]3(C)Cn4cc([N+](=O)[O-])nc4O3)cn2)CC1. The number of ether oxygens (including phenoxy) is 2. The molecule has 5 rings (SSSR count). The zero-order chi connectivity index (χ0) is 24.4. The first-order valence-electron chi connectivity index (χ1n) is 11.8. The fourth-order valence-electron chi connectivity index (χ4n) is 4.61. The number of hydrogen-bond acceptors (Lipinski definition) is 9. The second-order valence-corrected chi connectivity index (χ2v) is 9.29. The van der Waals surface area contributed by atoms with Crippen LogP contribution >= 0.6 is 0 Å². The van der Waals surface area contributed by atoms with Gasteiger partial charge in [-0.1, -0.05) is 30.3 Å². The Balaban J connectivity index is 1.14. The smallest absolute Gasteiger partial charge is 0.415 e. The Morgan fingerprint density at radius 1 is 1.17 bits per heavy atom. The molecule has 1 unspecified atom stereocenters. The minimum Gasteiger partial charge on any atom is -0.486 e. The molecular weight excluding hydrogens is 450 g/mol. The van der Waals surface area contributed by atoms with Crippen molar-refractivity contribution in [3.63, 3.8) is 0 Å². The zero-order valence-corrected chi connectivity index (χ0v) is 19.9. The largest absolute Gasteiger partial charge is 0.486 e. The highest BCUT2D eigenvalue weighted by molar-refractivity contribution is 5.32. The molecule has 3 aromatic rings. The average molecular weight is 480 g/mol. The Labute approximate surface area is 203 Å². The summed E-state index contributed by atoms with van der Waals surface area (Å²) in [4.78, 5) is 28.0. The lowest BCUT2D eigenvalue weighted by Crippen LogP contribution is -2.38. The number of aromatic nitrogens is 4. The first-order valence-corrected chi connectivity index (χ1v) is 11.8. The van der Waals surface area contributed by atoms with Crippen LogP contribution in [0.2, 0.25) is 0 Å². The molecule has 0 N–H and O–H groups in total. The first kappa shape index (κ1) is 23.0. The molecule has 2 aliphatic heterocycles. The molecule has 0 spiro atoms. The molecule has 0 radical (unpaired) electrons.